The molecule has 0 saturated carbocycles. The highest BCUT2D eigenvalue weighted by atomic mass is 15.2. The highest BCUT2D eigenvalue weighted by molar-refractivity contribution is 5.50. The van der Waals surface area contributed by atoms with Crippen molar-refractivity contribution >= 4 is 5.69 Å². The highest BCUT2D eigenvalue weighted by Crippen LogP contribution is 2.18. The van der Waals surface area contributed by atoms with Crippen molar-refractivity contribution < 1.29 is 0 Å². The van der Waals surface area contributed by atoms with Crippen LogP contribution in [0.3, 0.4) is 0 Å². The van der Waals surface area contributed by atoms with E-state index in [9.17, 15) is 0 Å². The van der Waals surface area contributed by atoms with Crippen molar-refractivity contribution in [1.29, 1.82) is 0 Å². The molecule has 0 spiro atoms. The Balaban J connectivity index is 2.00. The number of hydrogen-bond donors (Lipinski definition) is 1. The Morgan fingerprint density at radius 1 is 1.28 bits per heavy atom. The zero-order valence-electron chi connectivity index (χ0n) is 12.0. The lowest BCUT2D eigenvalue weighted by atomic mass is 10.1. The fraction of sp³-hybridized carbons (Fsp3) is 0.600. The van der Waals surface area contributed by atoms with Gasteiger partial charge in [-0.05, 0) is 44.2 Å². The number of piperazine rings is 1. The summed E-state index contributed by atoms with van der Waals surface area (Å²) in [7, 11) is 4.38. The third-order valence-electron chi connectivity index (χ3n) is 3.60. The average molecular weight is 247 g/mol. The Labute approximate surface area is 111 Å². The van der Waals surface area contributed by atoms with Crippen molar-refractivity contribution in [3.8, 4) is 0 Å². The van der Waals surface area contributed by atoms with Gasteiger partial charge in [-0.15, -0.1) is 0 Å². The Bertz CT molecular complexity index is 382. The van der Waals surface area contributed by atoms with E-state index in [0.29, 0.717) is 6.04 Å². The second-order valence-corrected chi connectivity index (χ2v) is 5.64. The van der Waals surface area contributed by atoms with Gasteiger partial charge in [-0.3, -0.25) is 0 Å². The Morgan fingerprint density at radius 3 is 2.56 bits per heavy atom. The lowest BCUT2D eigenvalue weighted by Gasteiger charge is -2.34. The number of anilines is 1. The maximum absolute atomic E-state index is 3.60. The van der Waals surface area contributed by atoms with Gasteiger partial charge in [-0.25, -0.2) is 0 Å². The van der Waals surface area contributed by atoms with E-state index in [4.69, 9.17) is 0 Å². The van der Waals surface area contributed by atoms with Crippen LogP contribution in [-0.4, -0.2) is 51.2 Å². The minimum absolute atomic E-state index is 0.564. The fourth-order valence-electron chi connectivity index (χ4n) is 2.72. The second kappa shape index (κ2) is 5.72. The first-order valence-electron chi connectivity index (χ1n) is 6.76. The van der Waals surface area contributed by atoms with Crippen molar-refractivity contribution in [3.63, 3.8) is 0 Å². The summed E-state index contributed by atoms with van der Waals surface area (Å²) in [5.74, 6) is 0. The lowest BCUT2D eigenvalue weighted by molar-refractivity contribution is 0.241. The SMILES string of the molecule is Cc1cc(C)cc(N(C)CC2CN(C)CCN2)c1. The normalized spacial score (nSPS) is 21.0. The number of nitrogens with one attached hydrogen (secondary N) is 1. The number of likely N-dealkylation sites (N-methyl/N-ethyl adjacent to an activating group) is 2. The van der Waals surface area contributed by atoms with Gasteiger partial charge < -0.3 is 15.1 Å². The highest BCUT2D eigenvalue weighted by Gasteiger charge is 2.18. The van der Waals surface area contributed by atoms with Crippen molar-refractivity contribution in [1.82, 2.24) is 10.2 Å². The maximum atomic E-state index is 3.60. The van der Waals surface area contributed by atoms with Crippen LogP contribution in [0.15, 0.2) is 18.2 Å². The van der Waals surface area contributed by atoms with Gasteiger partial charge in [-0.1, -0.05) is 6.07 Å². The van der Waals surface area contributed by atoms with Crippen molar-refractivity contribution in [2.45, 2.75) is 19.9 Å². The van der Waals surface area contributed by atoms with Crippen LogP contribution in [0.5, 0.6) is 0 Å². The summed E-state index contributed by atoms with van der Waals surface area (Å²) in [6.07, 6.45) is 0. The molecule has 100 valence electrons. The quantitative estimate of drug-likeness (QED) is 0.876. The Morgan fingerprint density at radius 2 is 1.94 bits per heavy atom. The van der Waals surface area contributed by atoms with Crippen LogP contribution in [0.1, 0.15) is 11.1 Å². The van der Waals surface area contributed by atoms with E-state index in [0.717, 1.165) is 26.2 Å². The molecule has 1 saturated heterocycles. The summed E-state index contributed by atoms with van der Waals surface area (Å²) in [5.41, 5.74) is 4.00. The summed E-state index contributed by atoms with van der Waals surface area (Å²) in [6, 6.07) is 7.32. The zero-order chi connectivity index (χ0) is 13.1. The van der Waals surface area contributed by atoms with Crippen LogP contribution >= 0.6 is 0 Å². The number of nitrogens with zero attached hydrogens (tertiary/aromatic N) is 2. The first-order chi connectivity index (χ1) is 8.54. The molecule has 1 N–H and O–H groups in total. The monoisotopic (exact) mass is 247 g/mol. The zero-order valence-corrected chi connectivity index (χ0v) is 12.0. The van der Waals surface area contributed by atoms with Gasteiger partial charge in [0.05, 0.1) is 0 Å². The summed E-state index contributed by atoms with van der Waals surface area (Å²) in [5, 5.41) is 3.60. The molecule has 3 heteroatoms. The molecule has 1 heterocycles. The molecular formula is C15H25N3. The molecule has 0 amide bonds. The van der Waals surface area contributed by atoms with Gasteiger partial charge >= 0.3 is 0 Å². The summed E-state index contributed by atoms with van der Waals surface area (Å²) in [4.78, 5) is 4.76. The molecular weight excluding hydrogens is 222 g/mol. The van der Waals surface area contributed by atoms with E-state index in [-0.39, 0.29) is 0 Å². The average Bonchev–Trinajstić information content (AvgIpc) is 2.27. The summed E-state index contributed by atoms with van der Waals surface area (Å²) >= 11 is 0. The number of aryl methyl sites for hydroxylation is 2. The maximum Gasteiger partial charge on any atom is 0.0371 e. The second-order valence-electron chi connectivity index (χ2n) is 5.64. The van der Waals surface area contributed by atoms with Crippen molar-refractivity contribution in [2.24, 2.45) is 0 Å². The Hall–Kier alpha value is -1.06. The predicted molar refractivity (Wildman–Crippen MR) is 78.5 cm³/mol. The number of benzene rings is 1. The van der Waals surface area contributed by atoms with E-state index in [1.54, 1.807) is 0 Å². The standard InChI is InChI=1S/C15H25N3/c1-12-7-13(2)9-15(8-12)18(4)11-14-10-17(3)6-5-16-14/h7-9,14,16H,5-6,10-11H2,1-4H3. The van der Waals surface area contributed by atoms with Gasteiger partial charge in [0.2, 0.25) is 0 Å². The molecule has 0 bridgehead atoms. The molecule has 2 rings (SSSR count). The molecule has 1 atom stereocenters. The van der Waals surface area contributed by atoms with Crippen LogP contribution in [-0.2, 0) is 0 Å². The fourth-order valence-corrected chi connectivity index (χ4v) is 2.72. The van der Waals surface area contributed by atoms with E-state index in [1.807, 2.05) is 0 Å². The molecule has 1 aromatic carbocycles. The predicted octanol–water partition coefficient (Wildman–Crippen LogP) is 1.64. The smallest absolute Gasteiger partial charge is 0.0371 e. The number of rotatable bonds is 3. The third-order valence-corrected chi connectivity index (χ3v) is 3.60. The number of hydrogen-bond acceptors (Lipinski definition) is 3. The third kappa shape index (κ3) is 3.47. The molecule has 1 aliphatic heterocycles. The van der Waals surface area contributed by atoms with Gasteiger partial charge in [0.15, 0.2) is 0 Å². The van der Waals surface area contributed by atoms with Crippen molar-refractivity contribution in [3.05, 3.63) is 29.3 Å². The van der Waals surface area contributed by atoms with Gasteiger partial charge in [-0.2, -0.15) is 0 Å². The van der Waals surface area contributed by atoms with Gasteiger partial charge in [0.1, 0.15) is 0 Å². The van der Waals surface area contributed by atoms with E-state index in [1.165, 1.54) is 16.8 Å². The van der Waals surface area contributed by atoms with E-state index >= 15 is 0 Å². The first-order valence-corrected chi connectivity index (χ1v) is 6.76. The first kappa shape index (κ1) is 13.4. The molecule has 1 aromatic rings. The molecule has 0 aromatic heterocycles. The van der Waals surface area contributed by atoms with Crippen LogP contribution in [0.2, 0.25) is 0 Å². The van der Waals surface area contributed by atoms with Crippen LogP contribution in [0.4, 0.5) is 5.69 Å². The molecule has 0 aliphatic carbocycles. The molecule has 18 heavy (non-hydrogen) atoms. The minimum Gasteiger partial charge on any atom is -0.373 e. The van der Waals surface area contributed by atoms with Crippen LogP contribution in [0, 0.1) is 13.8 Å². The van der Waals surface area contributed by atoms with Crippen LogP contribution in [0.25, 0.3) is 0 Å². The molecule has 3 nitrogen and oxygen atoms in total. The largest absolute Gasteiger partial charge is 0.373 e. The van der Waals surface area contributed by atoms with Gasteiger partial charge in [0.25, 0.3) is 0 Å². The lowest BCUT2D eigenvalue weighted by Crippen LogP contribution is -2.53. The van der Waals surface area contributed by atoms with E-state index < -0.39 is 0 Å². The molecule has 0 radical (unpaired) electrons. The van der Waals surface area contributed by atoms with Crippen LogP contribution < -0.4 is 10.2 Å². The topological polar surface area (TPSA) is 18.5 Å². The van der Waals surface area contributed by atoms with Crippen molar-refractivity contribution in [2.75, 3.05) is 45.2 Å². The minimum atomic E-state index is 0.564. The summed E-state index contributed by atoms with van der Waals surface area (Å²) in [6.45, 7) is 8.78. The van der Waals surface area contributed by atoms with E-state index in [2.05, 4.69) is 61.3 Å². The molecule has 1 fully saturated rings. The Kier molecular flexibility index (Phi) is 4.25. The van der Waals surface area contributed by atoms with Gasteiger partial charge in [0, 0.05) is 45.0 Å². The molecule has 1 aliphatic rings. The molecule has 1 unspecified atom stereocenters. The summed E-state index contributed by atoms with van der Waals surface area (Å²) < 4.78 is 0.